The Labute approximate surface area is 136 Å². The summed E-state index contributed by atoms with van der Waals surface area (Å²) in [5.74, 6) is 0.223. The van der Waals surface area contributed by atoms with Gasteiger partial charge in [0.25, 0.3) is 0 Å². The van der Waals surface area contributed by atoms with Gasteiger partial charge in [0, 0.05) is 42.1 Å². The van der Waals surface area contributed by atoms with Crippen LogP contribution in [0.2, 0.25) is 0 Å². The number of aromatic amines is 1. The minimum atomic E-state index is -0.0930. The highest BCUT2D eigenvalue weighted by Crippen LogP contribution is 2.44. The molecule has 0 saturated carbocycles. The van der Waals surface area contributed by atoms with Crippen molar-refractivity contribution in [3.8, 4) is 0 Å². The molecule has 0 amide bonds. The molecule has 2 aliphatic rings. The van der Waals surface area contributed by atoms with Crippen LogP contribution in [-0.2, 0) is 16.0 Å². The van der Waals surface area contributed by atoms with Gasteiger partial charge in [-0.25, -0.2) is 0 Å². The number of nitrogens with one attached hydrogen (secondary N) is 1. The summed E-state index contributed by atoms with van der Waals surface area (Å²) in [6, 6.07) is 6.90. The Hall–Kier alpha value is -2.07. The molecule has 0 spiro atoms. The van der Waals surface area contributed by atoms with Crippen LogP contribution < -0.4 is 0 Å². The van der Waals surface area contributed by atoms with Gasteiger partial charge in [0.05, 0.1) is 13.0 Å². The summed E-state index contributed by atoms with van der Waals surface area (Å²) >= 11 is 0. The highest BCUT2D eigenvalue weighted by atomic mass is 16.5. The van der Waals surface area contributed by atoms with E-state index in [-0.39, 0.29) is 11.9 Å². The number of hydrogen-bond acceptors (Lipinski definition) is 3. The predicted molar refractivity (Wildman–Crippen MR) is 90.4 cm³/mol. The van der Waals surface area contributed by atoms with Gasteiger partial charge in [0.15, 0.2) is 0 Å². The lowest BCUT2D eigenvalue weighted by Crippen LogP contribution is -2.51. The van der Waals surface area contributed by atoms with E-state index >= 15 is 0 Å². The molecule has 23 heavy (non-hydrogen) atoms. The molecule has 1 aromatic carbocycles. The van der Waals surface area contributed by atoms with Crippen molar-refractivity contribution in [2.45, 2.75) is 24.8 Å². The van der Waals surface area contributed by atoms with Gasteiger partial charge < -0.3 is 9.72 Å². The first-order valence-electron chi connectivity index (χ1n) is 8.24. The lowest BCUT2D eigenvalue weighted by molar-refractivity contribution is -0.148. The van der Waals surface area contributed by atoms with Gasteiger partial charge in [-0.2, -0.15) is 0 Å². The average Bonchev–Trinajstić information content (AvgIpc) is 2.99. The van der Waals surface area contributed by atoms with Crippen molar-refractivity contribution in [1.29, 1.82) is 0 Å². The standard InChI is InChI=1S/C19H22N2O2/c1-3-7-21-11-13(19(22)23-2)8-15-14-5-4-6-16-18(14)12(10-20-16)9-17(15)21/h3-6,10,13,15,17,20H,1,7-9,11H2,2H3/t13?,15-,17-/m0/s1. The molecular weight excluding hydrogens is 288 g/mol. The maximum atomic E-state index is 12.1. The van der Waals surface area contributed by atoms with Gasteiger partial charge in [-0.05, 0) is 30.0 Å². The Morgan fingerprint density at radius 1 is 1.52 bits per heavy atom. The van der Waals surface area contributed by atoms with E-state index in [0.717, 1.165) is 25.9 Å². The highest BCUT2D eigenvalue weighted by molar-refractivity contribution is 5.88. The van der Waals surface area contributed by atoms with Crippen LogP contribution in [0, 0.1) is 5.92 Å². The third-order valence-electron chi connectivity index (χ3n) is 5.47. The number of ether oxygens (including phenoxy) is 1. The molecule has 1 aliphatic carbocycles. The van der Waals surface area contributed by atoms with E-state index in [4.69, 9.17) is 4.74 Å². The quantitative estimate of drug-likeness (QED) is 0.700. The van der Waals surface area contributed by atoms with E-state index in [1.165, 1.54) is 29.1 Å². The Morgan fingerprint density at radius 3 is 3.17 bits per heavy atom. The van der Waals surface area contributed by atoms with Gasteiger partial charge in [0.2, 0.25) is 0 Å². The molecule has 4 rings (SSSR count). The van der Waals surface area contributed by atoms with Crippen molar-refractivity contribution >= 4 is 16.9 Å². The molecule has 4 heteroatoms. The smallest absolute Gasteiger partial charge is 0.309 e. The second-order valence-corrected chi connectivity index (χ2v) is 6.66. The second kappa shape index (κ2) is 5.53. The van der Waals surface area contributed by atoms with E-state index in [1.54, 1.807) is 0 Å². The SMILES string of the molecule is C=CCN1CC(C(=O)OC)C[C@H]2c3cccc4[nH]cc(c34)C[C@@H]21. The monoisotopic (exact) mass is 310 g/mol. The molecule has 3 atom stereocenters. The van der Waals surface area contributed by atoms with E-state index < -0.39 is 0 Å². The van der Waals surface area contributed by atoms with E-state index in [1.807, 2.05) is 6.08 Å². The summed E-state index contributed by atoms with van der Waals surface area (Å²) in [6.45, 7) is 5.46. The first-order valence-corrected chi connectivity index (χ1v) is 8.24. The number of rotatable bonds is 3. The maximum absolute atomic E-state index is 12.1. The van der Waals surface area contributed by atoms with Crippen LogP contribution in [0.4, 0.5) is 0 Å². The number of H-pyrrole nitrogens is 1. The van der Waals surface area contributed by atoms with E-state index in [0.29, 0.717) is 12.0 Å². The van der Waals surface area contributed by atoms with Crippen molar-refractivity contribution in [1.82, 2.24) is 9.88 Å². The topological polar surface area (TPSA) is 45.3 Å². The van der Waals surface area contributed by atoms with Gasteiger partial charge >= 0.3 is 5.97 Å². The number of carbonyl (C=O) groups excluding carboxylic acids is 1. The average molecular weight is 310 g/mol. The molecule has 4 nitrogen and oxygen atoms in total. The lowest BCUT2D eigenvalue weighted by atomic mass is 9.72. The van der Waals surface area contributed by atoms with Gasteiger partial charge in [-0.3, -0.25) is 9.69 Å². The van der Waals surface area contributed by atoms with Crippen LogP contribution in [-0.4, -0.2) is 42.1 Å². The van der Waals surface area contributed by atoms with Crippen molar-refractivity contribution in [2.24, 2.45) is 5.92 Å². The Balaban J connectivity index is 1.79. The molecule has 1 N–H and O–H groups in total. The van der Waals surface area contributed by atoms with Crippen LogP contribution in [0.15, 0.2) is 37.1 Å². The van der Waals surface area contributed by atoms with Crippen LogP contribution in [0.5, 0.6) is 0 Å². The van der Waals surface area contributed by atoms with Crippen LogP contribution >= 0.6 is 0 Å². The van der Waals surface area contributed by atoms with E-state index in [2.05, 4.69) is 40.9 Å². The Kier molecular flexibility index (Phi) is 3.49. The molecule has 2 heterocycles. The zero-order valence-corrected chi connectivity index (χ0v) is 13.4. The molecule has 0 radical (unpaired) electrons. The Bertz CT molecular complexity index is 764. The number of fused-ring (bicyclic) bond motifs is 2. The van der Waals surface area contributed by atoms with Crippen LogP contribution in [0.1, 0.15) is 23.5 Å². The zero-order chi connectivity index (χ0) is 16.0. The third-order valence-corrected chi connectivity index (χ3v) is 5.47. The summed E-state index contributed by atoms with van der Waals surface area (Å²) in [4.78, 5) is 17.9. The molecule has 1 aromatic heterocycles. The Morgan fingerprint density at radius 2 is 2.39 bits per heavy atom. The molecular formula is C19H22N2O2. The summed E-state index contributed by atoms with van der Waals surface area (Å²) in [5, 5.41) is 1.36. The molecule has 1 fully saturated rings. The normalized spacial score (nSPS) is 26.7. The summed E-state index contributed by atoms with van der Waals surface area (Å²) in [6.07, 6.45) is 5.98. The number of esters is 1. The van der Waals surface area contributed by atoms with Crippen molar-refractivity contribution < 1.29 is 9.53 Å². The fourth-order valence-corrected chi connectivity index (χ4v) is 4.51. The first-order chi connectivity index (χ1) is 11.2. The molecule has 120 valence electrons. The fourth-order valence-electron chi connectivity index (χ4n) is 4.51. The molecule has 2 aromatic rings. The highest BCUT2D eigenvalue weighted by Gasteiger charge is 2.42. The van der Waals surface area contributed by atoms with Gasteiger partial charge in [-0.15, -0.1) is 6.58 Å². The van der Waals surface area contributed by atoms with E-state index in [9.17, 15) is 4.79 Å². The number of hydrogen-bond donors (Lipinski definition) is 1. The van der Waals surface area contributed by atoms with Crippen molar-refractivity contribution in [3.05, 3.63) is 48.2 Å². The number of likely N-dealkylation sites (tertiary alicyclic amines) is 1. The molecule has 1 unspecified atom stereocenters. The van der Waals surface area contributed by atoms with Crippen LogP contribution in [0.25, 0.3) is 10.9 Å². The third kappa shape index (κ3) is 2.20. The number of benzene rings is 1. The largest absolute Gasteiger partial charge is 0.469 e. The van der Waals surface area contributed by atoms with Gasteiger partial charge in [0.1, 0.15) is 0 Å². The minimum Gasteiger partial charge on any atom is -0.469 e. The number of carbonyl (C=O) groups is 1. The molecule has 0 bridgehead atoms. The number of aromatic nitrogens is 1. The second-order valence-electron chi connectivity index (χ2n) is 6.66. The molecule has 1 saturated heterocycles. The first kappa shape index (κ1) is 14.5. The minimum absolute atomic E-state index is 0.0584. The van der Waals surface area contributed by atoms with Crippen molar-refractivity contribution in [3.63, 3.8) is 0 Å². The van der Waals surface area contributed by atoms with Gasteiger partial charge in [-0.1, -0.05) is 18.2 Å². The number of piperidine rings is 1. The lowest BCUT2D eigenvalue weighted by Gasteiger charge is -2.46. The maximum Gasteiger partial charge on any atom is 0.309 e. The van der Waals surface area contributed by atoms with Crippen molar-refractivity contribution in [2.75, 3.05) is 20.2 Å². The number of nitrogens with zero attached hydrogens (tertiary/aromatic N) is 1. The summed E-state index contributed by atoms with van der Waals surface area (Å²) < 4.78 is 5.03. The van der Waals surface area contributed by atoms with Crippen LogP contribution in [0.3, 0.4) is 0 Å². The summed E-state index contributed by atoms with van der Waals surface area (Å²) in [7, 11) is 1.48. The fraction of sp³-hybridized carbons (Fsp3) is 0.421. The zero-order valence-electron chi connectivity index (χ0n) is 13.4. The summed E-state index contributed by atoms with van der Waals surface area (Å²) in [5.41, 5.74) is 3.96. The molecule has 1 aliphatic heterocycles. The number of methoxy groups -OCH3 is 1. The predicted octanol–water partition coefficient (Wildman–Crippen LogP) is 2.86.